The van der Waals surface area contributed by atoms with Gasteiger partial charge in [0.15, 0.2) is 0 Å². The molecular formula is C13H9BrCl2FN. The summed E-state index contributed by atoms with van der Waals surface area (Å²) >= 11 is 15.2. The molecule has 0 aliphatic heterocycles. The lowest BCUT2D eigenvalue weighted by Crippen LogP contribution is -2.00. The molecule has 2 aromatic carbocycles. The number of hydrogen-bond acceptors (Lipinski definition) is 1. The van der Waals surface area contributed by atoms with Gasteiger partial charge in [-0.25, -0.2) is 4.39 Å². The summed E-state index contributed by atoms with van der Waals surface area (Å²) in [5.74, 6) is -0.298. The fraction of sp³-hybridized carbons (Fsp3) is 0.0769. The quantitative estimate of drug-likeness (QED) is 0.771. The summed E-state index contributed by atoms with van der Waals surface area (Å²) in [6, 6.07) is 9.79. The van der Waals surface area contributed by atoms with Gasteiger partial charge in [0.25, 0.3) is 0 Å². The van der Waals surface area contributed by atoms with Gasteiger partial charge in [0.2, 0.25) is 0 Å². The van der Waals surface area contributed by atoms with Gasteiger partial charge in [-0.3, -0.25) is 0 Å². The van der Waals surface area contributed by atoms with Crippen LogP contribution >= 0.6 is 39.1 Å². The minimum absolute atomic E-state index is 0.298. The molecule has 0 aliphatic rings. The standard InChI is InChI=1S/C13H9BrCl2FN/c14-11-6-10(2-4-13(11)16)18-7-8-5-9(17)1-3-12(8)15/h1-6,18H,7H2. The molecule has 0 bridgehead atoms. The Kier molecular flexibility index (Phi) is 4.49. The molecule has 1 nitrogen and oxygen atoms in total. The van der Waals surface area contributed by atoms with Gasteiger partial charge in [-0.2, -0.15) is 0 Å². The second-order valence-electron chi connectivity index (χ2n) is 3.72. The maximum Gasteiger partial charge on any atom is 0.123 e. The van der Waals surface area contributed by atoms with Gasteiger partial charge in [0.05, 0.1) is 5.02 Å². The summed E-state index contributed by atoms with van der Waals surface area (Å²) in [6.07, 6.45) is 0. The van der Waals surface area contributed by atoms with E-state index >= 15 is 0 Å². The predicted octanol–water partition coefficient (Wildman–Crippen LogP) is 5.51. The zero-order chi connectivity index (χ0) is 13.1. The fourth-order valence-electron chi connectivity index (χ4n) is 1.48. The second kappa shape index (κ2) is 5.91. The Bertz CT molecular complexity index is 575. The van der Waals surface area contributed by atoms with Crippen molar-refractivity contribution in [2.75, 3.05) is 5.32 Å². The smallest absolute Gasteiger partial charge is 0.123 e. The number of rotatable bonds is 3. The highest BCUT2D eigenvalue weighted by molar-refractivity contribution is 9.10. The van der Waals surface area contributed by atoms with Crippen molar-refractivity contribution >= 4 is 44.8 Å². The summed E-state index contributed by atoms with van der Waals surface area (Å²) < 4.78 is 13.9. The molecule has 0 saturated carbocycles. The van der Waals surface area contributed by atoms with Gasteiger partial charge >= 0.3 is 0 Å². The number of halogens is 4. The van der Waals surface area contributed by atoms with Crippen LogP contribution in [0.1, 0.15) is 5.56 Å². The molecule has 0 aliphatic carbocycles. The number of anilines is 1. The zero-order valence-corrected chi connectivity index (χ0v) is 12.3. The molecule has 2 aromatic rings. The summed E-state index contributed by atoms with van der Waals surface area (Å²) in [6.45, 7) is 0.449. The van der Waals surface area contributed by atoms with Crippen LogP contribution in [-0.2, 0) is 6.54 Å². The Morgan fingerprint density at radius 2 is 1.78 bits per heavy atom. The molecule has 0 aromatic heterocycles. The molecule has 0 amide bonds. The molecular weight excluding hydrogens is 340 g/mol. The van der Waals surface area contributed by atoms with Crippen LogP contribution in [0.3, 0.4) is 0 Å². The average Bonchev–Trinajstić information content (AvgIpc) is 2.34. The minimum Gasteiger partial charge on any atom is -0.381 e. The first kappa shape index (κ1) is 13.7. The second-order valence-corrected chi connectivity index (χ2v) is 5.39. The molecule has 0 atom stereocenters. The molecule has 2 rings (SSSR count). The highest BCUT2D eigenvalue weighted by Gasteiger charge is 2.03. The molecule has 0 heterocycles. The highest BCUT2D eigenvalue weighted by Crippen LogP contribution is 2.26. The van der Waals surface area contributed by atoms with E-state index < -0.39 is 0 Å². The molecule has 0 unspecified atom stereocenters. The number of hydrogen-bond donors (Lipinski definition) is 1. The van der Waals surface area contributed by atoms with E-state index in [9.17, 15) is 4.39 Å². The molecule has 0 spiro atoms. The molecule has 18 heavy (non-hydrogen) atoms. The van der Waals surface area contributed by atoms with E-state index in [4.69, 9.17) is 23.2 Å². The van der Waals surface area contributed by atoms with Crippen LogP contribution < -0.4 is 5.32 Å². The average molecular weight is 349 g/mol. The van der Waals surface area contributed by atoms with Gasteiger partial charge < -0.3 is 5.32 Å². The molecule has 1 N–H and O–H groups in total. The summed E-state index contributed by atoms with van der Waals surface area (Å²) in [7, 11) is 0. The summed E-state index contributed by atoms with van der Waals surface area (Å²) in [5, 5.41) is 4.34. The normalized spacial score (nSPS) is 10.4. The van der Waals surface area contributed by atoms with Crippen molar-refractivity contribution in [2.45, 2.75) is 6.54 Å². The first-order chi connectivity index (χ1) is 8.56. The van der Waals surface area contributed by atoms with Crippen molar-refractivity contribution < 1.29 is 4.39 Å². The van der Waals surface area contributed by atoms with E-state index in [-0.39, 0.29) is 5.82 Å². The van der Waals surface area contributed by atoms with Crippen LogP contribution in [0.4, 0.5) is 10.1 Å². The zero-order valence-electron chi connectivity index (χ0n) is 9.18. The third-order valence-corrected chi connectivity index (χ3v) is 3.99. The van der Waals surface area contributed by atoms with Crippen molar-refractivity contribution in [3.8, 4) is 0 Å². The Morgan fingerprint density at radius 3 is 2.50 bits per heavy atom. The minimum atomic E-state index is -0.298. The van der Waals surface area contributed by atoms with Crippen molar-refractivity contribution in [1.82, 2.24) is 0 Å². The molecule has 94 valence electrons. The monoisotopic (exact) mass is 347 g/mol. The van der Waals surface area contributed by atoms with Crippen molar-refractivity contribution in [1.29, 1.82) is 0 Å². The van der Waals surface area contributed by atoms with Crippen LogP contribution in [0, 0.1) is 5.82 Å². The van der Waals surface area contributed by atoms with E-state index in [0.717, 1.165) is 10.2 Å². The molecule has 0 fully saturated rings. The highest BCUT2D eigenvalue weighted by atomic mass is 79.9. The van der Waals surface area contributed by atoms with E-state index in [0.29, 0.717) is 22.2 Å². The predicted molar refractivity (Wildman–Crippen MR) is 77.9 cm³/mol. The molecule has 5 heteroatoms. The lowest BCUT2D eigenvalue weighted by Gasteiger charge is -2.09. The SMILES string of the molecule is Fc1ccc(Cl)c(CNc2ccc(Cl)c(Br)c2)c1. The van der Waals surface area contributed by atoms with Crippen LogP contribution in [0.25, 0.3) is 0 Å². The van der Waals surface area contributed by atoms with Crippen LogP contribution in [0.2, 0.25) is 10.0 Å². The Labute approximate surface area is 123 Å². The van der Waals surface area contributed by atoms with Crippen molar-refractivity contribution in [2.24, 2.45) is 0 Å². The van der Waals surface area contributed by atoms with E-state index in [1.165, 1.54) is 12.1 Å². The van der Waals surface area contributed by atoms with Gasteiger partial charge in [-0.15, -0.1) is 0 Å². The Morgan fingerprint density at radius 1 is 1.06 bits per heavy atom. The van der Waals surface area contributed by atoms with Crippen LogP contribution in [0.5, 0.6) is 0 Å². The van der Waals surface area contributed by atoms with Crippen molar-refractivity contribution in [3.63, 3.8) is 0 Å². The summed E-state index contributed by atoms with van der Waals surface area (Å²) in [5.41, 5.74) is 1.59. The van der Waals surface area contributed by atoms with Gasteiger partial charge in [0, 0.05) is 21.7 Å². The van der Waals surface area contributed by atoms with E-state index in [2.05, 4.69) is 21.2 Å². The first-order valence-corrected chi connectivity index (χ1v) is 6.74. The Hall–Kier alpha value is -0.770. The molecule has 0 saturated heterocycles. The molecule has 0 radical (unpaired) electrons. The third kappa shape index (κ3) is 3.37. The van der Waals surface area contributed by atoms with E-state index in [1.54, 1.807) is 12.1 Å². The van der Waals surface area contributed by atoms with Gasteiger partial charge in [0.1, 0.15) is 5.82 Å². The third-order valence-electron chi connectivity index (χ3n) is 2.41. The van der Waals surface area contributed by atoms with Gasteiger partial charge in [-0.1, -0.05) is 23.2 Å². The lowest BCUT2D eigenvalue weighted by atomic mass is 10.2. The number of benzene rings is 2. The van der Waals surface area contributed by atoms with Gasteiger partial charge in [-0.05, 0) is 57.9 Å². The first-order valence-electron chi connectivity index (χ1n) is 5.19. The maximum atomic E-state index is 13.1. The topological polar surface area (TPSA) is 12.0 Å². The Balaban J connectivity index is 2.11. The van der Waals surface area contributed by atoms with Crippen molar-refractivity contribution in [3.05, 3.63) is 62.3 Å². The summed E-state index contributed by atoms with van der Waals surface area (Å²) in [4.78, 5) is 0. The van der Waals surface area contributed by atoms with E-state index in [1.807, 2.05) is 12.1 Å². The fourth-order valence-corrected chi connectivity index (χ4v) is 2.16. The lowest BCUT2D eigenvalue weighted by molar-refractivity contribution is 0.626. The largest absolute Gasteiger partial charge is 0.381 e. The number of nitrogens with one attached hydrogen (secondary N) is 1. The van der Waals surface area contributed by atoms with Crippen LogP contribution in [-0.4, -0.2) is 0 Å². The van der Waals surface area contributed by atoms with Crippen LogP contribution in [0.15, 0.2) is 40.9 Å². The maximum absolute atomic E-state index is 13.1.